The maximum absolute atomic E-state index is 12.3. The van der Waals surface area contributed by atoms with Crippen LogP contribution in [0.2, 0.25) is 0 Å². The molecule has 1 fully saturated rings. The second-order valence-corrected chi connectivity index (χ2v) is 4.32. The number of nitrogens with zero attached hydrogens (tertiary/aromatic N) is 1. The Hall–Kier alpha value is -2.33. The Morgan fingerprint density at radius 1 is 1.38 bits per heavy atom. The van der Waals surface area contributed by atoms with Gasteiger partial charge in [-0.25, -0.2) is 4.79 Å². The zero-order valence-corrected chi connectivity index (χ0v) is 10.6. The average molecular weight is 311 g/mol. The van der Waals surface area contributed by atoms with Gasteiger partial charge in [0.25, 0.3) is 0 Å². The third-order valence-electron chi connectivity index (χ3n) is 2.52. The van der Waals surface area contributed by atoms with Gasteiger partial charge in [0.1, 0.15) is 19.1 Å². The predicted octanol–water partition coefficient (Wildman–Crippen LogP) is -0.550. The van der Waals surface area contributed by atoms with Crippen LogP contribution >= 0.6 is 0 Å². The number of hydrogen-bond acceptors (Lipinski definition) is 4. The van der Waals surface area contributed by atoms with E-state index in [1.165, 1.54) is 0 Å². The Bertz CT molecular complexity index is 465. The molecule has 0 saturated carbocycles. The summed E-state index contributed by atoms with van der Waals surface area (Å²) in [5, 5.41) is 12.4. The van der Waals surface area contributed by atoms with Crippen molar-refractivity contribution in [3.05, 3.63) is 0 Å². The number of hydrogen-bond donors (Lipinski definition) is 3. The van der Waals surface area contributed by atoms with Crippen molar-refractivity contribution >= 4 is 23.8 Å². The Balaban J connectivity index is 2.69. The van der Waals surface area contributed by atoms with Crippen LogP contribution in [0.4, 0.5) is 18.0 Å². The van der Waals surface area contributed by atoms with Crippen LogP contribution in [0.25, 0.3) is 0 Å². The third kappa shape index (κ3) is 5.67. The Labute approximate surface area is 116 Å². The van der Waals surface area contributed by atoms with Crippen molar-refractivity contribution in [1.29, 1.82) is 0 Å². The average Bonchev–Trinajstić information content (AvgIpc) is 2.29. The Morgan fingerprint density at radius 2 is 2.00 bits per heavy atom. The number of rotatable bonds is 4. The number of piperidine rings is 1. The normalized spacial score (nSPS) is 18.9. The maximum atomic E-state index is 12.3. The first kappa shape index (κ1) is 16.7. The van der Waals surface area contributed by atoms with E-state index in [0.29, 0.717) is 0 Å². The van der Waals surface area contributed by atoms with E-state index < -0.39 is 49.1 Å². The fourth-order valence-corrected chi connectivity index (χ4v) is 1.65. The van der Waals surface area contributed by atoms with Crippen LogP contribution in [0.3, 0.4) is 0 Å². The van der Waals surface area contributed by atoms with Crippen molar-refractivity contribution in [1.82, 2.24) is 15.5 Å². The van der Waals surface area contributed by atoms with E-state index in [2.05, 4.69) is 0 Å². The number of urea groups is 1. The SMILES string of the molecule is O=C(O)CN(CC(F)(F)F)C(=O)NC1CCC(=O)NC1=O. The molecule has 1 heterocycles. The van der Waals surface area contributed by atoms with Crippen LogP contribution < -0.4 is 10.6 Å². The number of nitrogens with one attached hydrogen (secondary N) is 2. The molecule has 0 aliphatic carbocycles. The highest BCUT2D eigenvalue weighted by molar-refractivity contribution is 6.01. The number of halogens is 3. The summed E-state index contributed by atoms with van der Waals surface area (Å²) in [7, 11) is 0. The summed E-state index contributed by atoms with van der Waals surface area (Å²) in [6, 6.07) is -2.52. The van der Waals surface area contributed by atoms with E-state index in [1.54, 1.807) is 0 Å². The lowest BCUT2D eigenvalue weighted by Gasteiger charge is -2.27. The smallest absolute Gasteiger partial charge is 0.406 e. The lowest BCUT2D eigenvalue weighted by molar-refractivity contribution is -0.149. The molecule has 4 amide bonds. The van der Waals surface area contributed by atoms with Gasteiger partial charge in [0.2, 0.25) is 11.8 Å². The van der Waals surface area contributed by atoms with E-state index in [9.17, 15) is 32.3 Å². The van der Waals surface area contributed by atoms with Crippen molar-refractivity contribution in [2.24, 2.45) is 0 Å². The van der Waals surface area contributed by atoms with Crippen molar-refractivity contribution in [2.45, 2.75) is 25.1 Å². The Kier molecular flexibility index (Phi) is 5.11. The predicted molar refractivity (Wildman–Crippen MR) is 60.0 cm³/mol. The molecule has 1 aliphatic heterocycles. The second kappa shape index (κ2) is 6.41. The summed E-state index contributed by atoms with van der Waals surface area (Å²) in [5.41, 5.74) is 0. The van der Waals surface area contributed by atoms with Gasteiger partial charge in [-0.05, 0) is 6.42 Å². The highest BCUT2D eigenvalue weighted by Gasteiger charge is 2.36. The van der Waals surface area contributed by atoms with Crippen molar-refractivity contribution in [2.75, 3.05) is 13.1 Å². The van der Waals surface area contributed by atoms with Crippen LogP contribution in [0.1, 0.15) is 12.8 Å². The van der Waals surface area contributed by atoms with Gasteiger partial charge in [0.15, 0.2) is 0 Å². The summed E-state index contributed by atoms with van der Waals surface area (Å²) >= 11 is 0. The second-order valence-electron chi connectivity index (χ2n) is 4.32. The van der Waals surface area contributed by atoms with Gasteiger partial charge in [0.05, 0.1) is 0 Å². The number of carboxylic acids is 1. The quantitative estimate of drug-likeness (QED) is 0.602. The standard InChI is InChI=1S/C10H12F3N3O5/c11-10(12,13)4-16(3-7(18)19)9(21)14-5-1-2-6(17)15-8(5)20/h5H,1-4H2,(H,14,21)(H,18,19)(H,15,17,20). The number of carbonyl (C=O) groups excluding carboxylic acids is 3. The van der Waals surface area contributed by atoms with Crippen molar-refractivity contribution < 1.29 is 37.5 Å². The van der Waals surface area contributed by atoms with Gasteiger partial charge in [-0.1, -0.05) is 0 Å². The monoisotopic (exact) mass is 311 g/mol. The minimum atomic E-state index is -4.78. The third-order valence-corrected chi connectivity index (χ3v) is 2.52. The number of amides is 4. The van der Waals surface area contributed by atoms with Crippen molar-refractivity contribution in [3.8, 4) is 0 Å². The molecule has 0 aromatic heterocycles. The molecule has 0 spiro atoms. The zero-order chi connectivity index (χ0) is 16.2. The number of alkyl halides is 3. The van der Waals surface area contributed by atoms with Gasteiger partial charge < -0.3 is 15.3 Å². The van der Waals surface area contributed by atoms with Gasteiger partial charge >= 0.3 is 18.2 Å². The molecule has 1 atom stereocenters. The molecule has 21 heavy (non-hydrogen) atoms. The number of carbonyl (C=O) groups is 4. The van der Waals surface area contributed by atoms with E-state index in [4.69, 9.17) is 5.11 Å². The first-order valence-corrected chi connectivity index (χ1v) is 5.76. The summed E-state index contributed by atoms with van der Waals surface area (Å²) in [6.07, 6.45) is -4.92. The summed E-state index contributed by atoms with van der Waals surface area (Å²) in [5.74, 6) is -3.03. The summed E-state index contributed by atoms with van der Waals surface area (Å²) < 4.78 is 36.9. The topological polar surface area (TPSA) is 116 Å². The van der Waals surface area contributed by atoms with Crippen LogP contribution in [-0.2, 0) is 14.4 Å². The largest absolute Gasteiger partial charge is 0.480 e. The molecule has 3 N–H and O–H groups in total. The first-order valence-electron chi connectivity index (χ1n) is 5.76. The van der Waals surface area contributed by atoms with Gasteiger partial charge in [-0.2, -0.15) is 13.2 Å². The molecule has 1 unspecified atom stereocenters. The first-order chi connectivity index (χ1) is 9.58. The van der Waals surface area contributed by atoms with Gasteiger partial charge in [-0.3, -0.25) is 19.7 Å². The molecule has 1 rings (SSSR count). The van der Waals surface area contributed by atoms with Crippen LogP contribution in [0.5, 0.6) is 0 Å². The molecule has 8 nitrogen and oxygen atoms in total. The van der Waals surface area contributed by atoms with Crippen LogP contribution in [0.15, 0.2) is 0 Å². The molecule has 1 saturated heterocycles. The van der Waals surface area contributed by atoms with E-state index >= 15 is 0 Å². The highest BCUT2D eigenvalue weighted by Crippen LogP contribution is 2.16. The molecule has 0 radical (unpaired) electrons. The fourth-order valence-electron chi connectivity index (χ4n) is 1.65. The zero-order valence-electron chi connectivity index (χ0n) is 10.6. The molecule has 0 aromatic rings. The van der Waals surface area contributed by atoms with Crippen LogP contribution in [0, 0.1) is 0 Å². The van der Waals surface area contributed by atoms with Crippen molar-refractivity contribution in [3.63, 3.8) is 0 Å². The molecular formula is C10H12F3N3O5. The lowest BCUT2D eigenvalue weighted by atomic mass is 10.1. The highest BCUT2D eigenvalue weighted by atomic mass is 19.4. The minimum absolute atomic E-state index is 0.0199. The molecule has 118 valence electrons. The maximum Gasteiger partial charge on any atom is 0.406 e. The molecule has 0 aromatic carbocycles. The minimum Gasteiger partial charge on any atom is -0.480 e. The number of imide groups is 1. The summed E-state index contributed by atoms with van der Waals surface area (Å²) in [4.78, 5) is 44.4. The molecule has 0 bridgehead atoms. The lowest BCUT2D eigenvalue weighted by Crippen LogP contribution is -2.56. The molecule has 1 aliphatic rings. The van der Waals surface area contributed by atoms with E-state index in [0.717, 1.165) is 0 Å². The fraction of sp³-hybridized carbons (Fsp3) is 0.600. The van der Waals surface area contributed by atoms with E-state index in [-0.39, 0.29) is 17.7 Å². The number of aliphatic carboxylic acids is 1. The van der Waals surface area contributed by atoms with Gasteiger partial charge in [-0.15, -0.1) is 0 Å². The molecular weight excluding hydrogens is 299 g/mol. The van der Waals surface area contributed by atoms with E-state index in [1.807, 2.05) is 10.6 Å². The molecule has 11 heteroatoms. The summed E-state index contributed by atoms with van der Waals surface area (Å²) in [6.45, 7) is -2.93. The van der Waals surface area contributed by atoms with Crippen LogP contribution in [-0.4, -0.2) is 59.1 Å². The van der Waals surface area contributed by atoms with Gasteiger partial charge in [0, 0.05) is 6.42 Å². The Morgan fingerprint density at radius 3 is 2.48 bits per heavy atom. The number of carboxylic acid groups (broad SMARTS) is 1.